The monoisotopic (exact) mass is 201 g/mol. The van der Waals surface area contributed by atoms with E-state index >= 15 is 0 Å². The summed E-state index contributed by atoms with van der Waals surface area (Å²) in [7, 11) is 1.30. The first-order valence-corrected chi connectivity index (χ1v) is 3.67. The third-order valence-electron chi connectivity index (χ3n) is 1.36. The molecular weight excluding hydrogens is 197 g/mol. The minimum atomic E-state index is -0.663. The number of rotatable bonds is 2. The molecule has 0 fully saturated rings. The summed E-state index contributed by atoms with van der Waals surface area (Å²) in [5.41, 5.74) is 0.110. The Morgan fingerprint density at radius 1 is 1.62 bits per heavy atom. The van der Waals surface area contributed by atoms with Crippen molar-refractivity contribution in [1.82, 2.24) is 0 Å². The van der Waals surface area contributed by atoms with Gasteiger partial charge in [-0.2, -0.15) is 4.99 Å². The Kier molecular flexibility index (Phi) is 3.01. The summed E-state index contributed by atoms with van der Waals surface area (Å²) in [6.07, 6.45) is 1.28. The molecule has 0 unspecified atom stereocenters. The van der Waals surface area contributed by atoms with E-state index in [9.17, 15) is 9.18 Å². The average molecular weight is 202 g/mol. The molecule has 0 bridgehead atoms. The molecule has 0 aromatic heterocycles. The Hall–Kier alpha value is -1.38. The first-order valence-electron chi connectivity index (χ1n) is 3.30. The second kappa shape index (κ2) is 4.03. The SMILES string of the molecule is COc1c(F)cc(N=C=O)cc1Cl. The molecule has 0 aliphatic rings. The lowest BCUT2D eigenvalue weighted by Crippen LogP contribution is -1.88. The van der Waals surface area contributed by atoms with Crippen molar-refractivity contribution in [2.24, 2.45) is 4.99 Å². The fourth-order valence-corrected chi connectivity index (χ4v) is 1.14. The topological polar surface area (TPSA) is 38.7 Å². The van der Waals surface area contributed by atoms with Gasteiger partial charge in [0.2, 0.25) is 6.08 Å². The molecule has 3 nitrogen and oxygen atoms in total. The highest BCUT2D eigenvalue weighted by molar-refractivity contribution is 6.32. The van der Waals surface area contributed by atoms with E-state index in [0.717, 1.165) is 6.07 Å². The average Bonchev–Trinajstić information content (AvgIpc) is 2.04. The van der Waals surface area contributed by atoms with Gasteiger partial charge >= 0.3 is 0 Å². The zero-order valence-corrected chi connectivity index (χ0v) is 7.43. The highest BCUT2D eigenvalue weighted by Gasteiger charge is 2.09. The number of benzene rings is 1. The summed E-state index contributed by atoms with van der Waals surface area (Å²) in [6, 6.07) is 2.35. The number of halogens is 2. The Morgan fingerprint density at radius 3 is 2.77 bits per heavy atom. The molecule has 5 heteroatoms. The molecule has 13 heavy (non-hydrogen) atoms. The summed E-state index contributed by atoms with van der Waals surface area (Å²) in [5, 5.41) is 0.0662. The van der Waals surface area contributed by atoms with Crippen LogP contribution in [0.4, 0.5) is 10.1 Å². The largest absolute Gasteiger partial charge is 0.492 e. The molecular formula is C8H5ClFNO2. The summed E-state index contributed by atoms with van der Waals surface area (Å²) in [5.74, 6) is -0.726. The van der Waals surface area contributed by atoms with Gasteiger partial charge in [-0.3, -0.25) is 0 Å². The number of aliphatic imine (C=N–C) groups is 1. The zero-order valence-electron chi connectivity index (χ0n) is 6.67. The molecule has 1 aromatic carbocycles. The molecule has 68 valence electrons. The quantitative estimate of drug-likeness (QED) is 0.545. The van der Waals surface area contributed by atoms with Gasteiger partial charge in [0.05, 0.1) is 17.8 Å². The van der Waals surface area contributed by atoms with Crippen molar-refractivity contribution in [2.75, 3.05) is 7.11 Å². The molecule has 0 spiro atoms. The Labute approximate surface area is 78.8 Å². The molecule has 0 atom stereocenters. The Bertz CT molecular complexity index is 351. The predicted octanol–water partition coefficient (Wildman–Crippen LogP) is 2.46. The third-order valence-corrected chi connectivity index (χ3v) is 1.64. The van der Waals surface area contributed by atoms with Gasteiger partial charge in [0.25, 0.3) is 0 Å². The standard InChI is InChI=1S/C8H5ClFNO2/c1-13-8-6(9)2-5(11-4-12)3-7(8)10/h2-3H,1H3. The van der Waals surface area contributed by atoms with Crippen LogP contribution in [0, 0.1) is 5.82 Å². The van der Waals surface area contributed by atoms with Crippen molar-refractivity contribution in [1.29, 1.82) is 0 Å². The van der Waals surface area contributed by atoms with Crippen LogP contribution in [-0.2, 0) is 4.79 Å². The van der Waals surface area contributed by atoms with Crippen molar-refractivity contribution in [3.05, 3.63) is 23.0 Å². The van der Waals surface area contributed by atoms with Gasteiger partial charge in [-0.25, -0.2) is 9.18 Å². The van der Waals surface area contributed by atoms with Crippen LogP contribution in [0.3, 0.4) is 0 Å². The van der Waals surface area contributed by atoms with Gasteiger partial charge in [0, 0.05) is 6.07 Å². The summed E-state index contributed by atoms with van der Waals surface area (Å²) < 4.78 is 17.7. The molecule has 0 aliphatic heterocycles. The highest BCUT2D eigenvalue weighted by Crippen LogP contribution is 2.31. The van der Waals surface area contributed by atoms with Crippen molar-refractivity contribution < 1.29 is 13.9 Å². The van der Waals surface area contributed by atoms with Crippen LogP contribution in [0.1, 0.15) is 0 Å². The number of hydrogen-bond donors (Lipinski definition) is 0. The van der Waals surface area contributed by atoms with Gasteiger partial charge in [0.1, 0.15) is 0 Å². The number of hydrogen-bond acceptors (Lipinski definition) is 3. The van der Waals surface area contributed by atoms with Gasteiger partial charge in [-0.1, -0.05) is 11.6 Å². The summed E-state index contributed by atoms with van der Waals surface area (Å²) in [4.78, 5) is 13.1. The van der Waals surface area contributed by atoms with Gasteiger partial charge < -0.3 is 4.74 Å². The molecule has 1 aromatic rings. The first kappa shape index (κ1) is 9.71. The Balaban J connectivity index is 3.27. The van der Waals surface area contributed by atoms with Crippen molar-refractivity contribution in [3.8, 4) is 5.75 Å². The van der Waals surface area contributed by atoms with Crippen LogP contribution in [0.5, 0.6) is 5.75 Å². The molecule has 0 aliphatic carbocycles. The number of nitrogens with zero attached hydrogens (tertiary/aromatic N) is 1. The van der Waals surface area contributed by atoms with E-state index < -0.39 is 5.82 Å². The third kappa shape index (κ3) is 2.05. The van der Waals surface area contributed by atoms with E-state index in [0.29, 0.717) is 0 Å². The maximum absolute atomic E-state index is 13.0. The number of ether oxygens (including phenoxy) is 1. The van der Waals surface area contributed by atoms with Gasteiger partial charge in [0.15, 0.2) is 11.6 Å². The fourth-order valence-electron chi connectivity index (χ4n) is 0.859. The molecule has 0 saturated carbocycles. The smallest absolute Gasteiger partial charge is 0.240 e. The van der Waals surface area contributed by atoms with E-state index in [4.69, 9.17) is 11.6 Å². The summed E-state index contributed by atoms with van der Waals surface area (Å²) in [6.45, 7) is 0. The number of isocyanates is 1. The van der Waals surface area contributed by atoms with Crippen LogP contribution in [0.2, 0.25) is 5.02 Å². The molecule has 0 heterocycles. The van der Waals surface area contributed by atoms with E-state index in [1.165, 1.54) is 19.3 Å². The molecule has 0 radical (unpaired) electrons. The zero-order chi connectivity index (χ0) is 9.84. The number of carbonyl (C=O) groups excluding carboxylic acids is 1. The first-order chi connectivity index (χ1) is 6.19. The van der Waals surface area contributed by atoms with Crippen LogP contribution in [-0.4, -0.2) is 13.2 Å². The summed E-state index contributed by atoms with van der Waals surface area (Å²) >= 11 is 5.62. The molecule has 0 N–H and O–H groups in total. The maximum atomic E-state index is 13.0. The van der Waals surface area contributed by atoms with Gasteiger partial charge in [-0.05, 0) is 6.07 Å². The van der Waals surface area contributed by atoms with Crippen molar-refractivity contribution in [3.63, 3.8) is 0 Å². The van der Waals surface area contributed by atoms with E-state index in [1.54, 1.807) is 0 Å². The van der Waals surface area contributed by atoms with Crippen LogP contribution in [0.25, 0.3) is 0 Å². The van der Waals surface area contributed by atoms with Gasteiger partial charge in [-0.15, -0.1) is 0 Å². The van der Waals surface area contributed by atoms with Crippen LogP contribution >= 0.6 is 11.6 Å². The second-order valence-corrected chi connectivity index (χ2v) is 2.55. The Morgan fingerprint density at radius 2 is 2.31 bits per heavy atom. The molecule has 1 rings (SSSR count). The van der Waals surface area contributed by atoms with E-state index in [1.807, 2.05) is 0 Å². The van der Waals surface area contributed by atoms with E-state index in [-0.39, 0.29) is 16.5 Å². The minimum Gasteiger partial charge on any atom is -0.492 e. The van der Waals surface area contributed by atoms with Crippen LogP contribution < -0.4 is 4.74 Å². The predicted molar refractivity (Wildman–Crippen MR) is 45.7 cm³/mol. The molecule has 0 saturated heterocycles. The minimum absolute atomic E-state index is 0.0634. The number of methoxy groups -OCH3 is 1. The lowest BCUT2D eigenvalue weighted by Gasteiger charge is -2.03. The highest BCUT2D eigenvalue weighted by atomic mass is 35.5. The van der Waals surface area contributed by atoms with Crippen molar-refractivity contribution >= 4 is 23.4 Å². The fraction of sp³-hybridized carbons (Fsp3) is 0.125. The second-order valence-electron chi connectivity index (χ2n) is 2.15. The maximum Gasteiger partial charge on any atom is 0.240 e. The van der Waals surface area contributed by atoms with Crippen molar-refractivity contribution in [2.45, 2.75) is 0 Å². The lowest BCUT2D eigenvalue weighted by atomic mass is 10.3. The van der Waals surface area contributed by atoms with Crippen LogP contribution in [0.15, 0.2) is 17.1 Å². The lowest BCUT2D eigenvalue weighted by molar-refractivity contribution is 0.387. The molecule has 0 amide bonds. The van der Waals surface area contributed by atoms with E-state index in [2.05, 4.69) is 9.73 Å². The normalized spacial score (nSPS) is 9.15.